The molecule has 1 saturated carbocycles. The molecular formula is C60H120N10Na2O12P3S2+. The van der Waals surface area contributed by atoms with Crippen LogP contribution in [0.2, 0.25) is 0 Å². The SMILES string of the molecule is C.C.C.C.C.C.C.C.C.C.C.C.CC=COc1ccc(CCNC(=O)Cn2cc(CCCCNC(=O)CCCCC3SCC4NC(=O)NC43)nn2)cc1.COC1CCC(/C=N/N(C)[P+](=S)Oc2ccc(CCN(CP(=O)([O-])O)CP(=O)([O-])O)cc2)CC1.[Na+].[Na+]. The van der Waals surface area contributed by atoms with Crippen molar-refractivity contribution in [1.29, 1.82) is 0 Å². The molecule has 3 heterocycles. The summed E-state index contributed by atoms with van der Waals surface area (Å²) in [6.45, 7) is 3.21. The fraction of sp³-hybridized carbons (Fsp3) is 0.667. The number of carbonyl (C=O) groups excluding carboxylic acids is 3. The third-order valence-electron chi connectivity index (χ3n) is 12.5. The fourth-order valence-corrected chi connectivity index (χ4v) is 12.7. The first kappa shape index (κ1) is 108. The number of carbonyl (C=O) groups is 3. The van der Waals surface area contributed by atoms with E-state index in [1.807, 2.05) is 55.2 Å². The van der Waals surface area contributed by atoms with Crippen LogP contribution < -0.4 is 99.4 Å². The summed E-state index contributed by atoms with van der Waals surface area (Å²) in [7, 11) is -7.37. The monoisotopic (exact) mass is 1380 g/mol. The Hall–Kier alpha value is -2.31. The van der Waals surface area contributed by atoms with Gasteiger partial charge in [0.1, 0.15) is 27.5 Å². The maximum atomic E-state index is 12.3. The second-order valence-corrected chi connectivity index (χ2v) is 25.2. The Kier molecular flexibility index (Phi) is 69.5. The van der Waals surface area contributed by atoms with Crippen LogP contribution in [0.1, 0.15) is 177 Å². The van der Waals surface area contributed by atoms with Crippen LogP contribution in [0.3, 0.4) is 0 Å². The zero-order chi connectivity index (χ0) is 54.2. The van der Waals surface area contributed by atoms with Crippen LogP contribution >= 0.6 is 34.0 Å². The molecule has 1 aromatic heterocycles. The van der Waals surface area contributed by atoms with Gasteiger partial charge < -0.3 is 59.4 Å². The Balaban J connectivity index is -0.000000153. The van der Waals surface area contributed by atoms with Crippen LogP contribution in [0.25, 0.3) is 0 Å². The van der Waals surface area contributed by atoms with Crippen molar-refractivity contribution in [3.63, 3.8) is 0 Å². The summed E-state index contributed by atoms with van der Waals surface area (Å²) in [6.07, 6.45) is 16.8. The van der Waals surface area contributed by atoms with Crippen LogP contribution in [0.4, 0.5) is 4.79 Å². The van der Waals surface area contributed by atoms with Crippen molar-refractivity contribution in [3.8, 4) is 11.5 Å². The van der Waals surface area contributed by atoms with Crippen molar-refractivity contribution >= 4 is 69.9 Å². The average Bonchev–Trinajstić information content (AvgIpc) is 4.09. The van der Waals surface area contributed by atoms with Crippen LogP contribution in [-0.4, -0.2) is 134 Å². The number of amides is 4. The van der Waals surface area contributed by atoms with Crippen molar-refractivity contribution in [1.82, 2.24) is 45.9 Å². The molecule has 2 aromatic carbocycles. The molecule has 22 nitrogen and oxygen atoms in total. The third kappa shape index (κ3) is 44.1. The van der Waals surface area contributed by atoms with E-state index in [0.29, 0.717) is 49.0 Å². The fourth-order valence-electron chi connectivity index (χ4n) is 8.53. The van der Waals surface area contributed by atoms with Crippen LogP contribution in [0, 0.1) is 5.92 Å². The number of nitrogens with one attached hydrogen (secondary N) is 4. The van der Waals surface area contributed by atoms with Gasteiger partial charge in [-0.1, -0.05) is 136 Å². The molecule has 4 amide bonds. The van der Waals surface area contributed by atoms with E-state index in [0.717, 1.165) is 104 Å². The number of hydrazone groups is 1. The van der Waals surface area contributed by atoms with Crippen molar-refractivity contribution in [2.75, 3.05) is 52.1 Å². The van der Waals surface area contributed by atoms with Crippen LogP contribution in [0.5, 0.6) is 11.5 Å². The standard InChI is InChI=1S/C29H41N7O4S.C19H32N3O8P3S.12CH4.2Na/c1-2-17-40-23-12-10-21(11-13-23)14-16-31-27(38)19-36-18-22(34-35-36)7-5-6-15-30-26(37)9-4-3-8-25-28-24(20-41-25)32-29(39)33-28;1-21(20-13-17-5-7-18(29-2)8-6-17)31(34)30-19-9-3-16(4-10-19)11-12-22(14-32(23,24)25)15-33(26,27)28;;;;;;;;;;;;;;/h2,10-13,17-18,24-25,28H,3-9,14-16,19-20H2,1H3,(H,30,37)(H,31,38)(H2,32,33,39);3-4,9-10,13,17-18H,5-8,11-12,14-15H2,1-2H3,(H3-,23,24,25,26,27,28);12*1H4;;/q;;;;;;;;;;;;;;2*+1/p-1/b;20-13+;;;;;;;;;;;;;;. The number of unbranched alkanes of at least 4 members (excludes halogenated alkanes) is 2. The molecule has 6 atom stereocenters. The van der Waals surface area contributed by atoms with Crippen molar-refractivity contribution in [3.05, 3.63) is 83.9 Å². The minimum Gasteiger partial charge on any atom is -0.778 e. The Morgan fingerprint density at radius 3 is 1.93 bits per heavy atom. The number of urea groups is 1. The summed E-state index contributed by atoms with van der Waals surface area (Å²) in [4.78, 5) is 77.2. The van der Waals surface area contributed by atoms with E-state index >= 15 is 0 Å². The van der Waals surface area contributed by atoms with Crippen LogP contribution in [-0.2, 0) is 61.1 Å². The number of ether oxygens (including phenoxy) is 2. The van der Waals surface area contributed by atoms with E-state index in [2.05, 4.69) is 36.7 Å². The van der Waals surface area contributed by atoms with Gasteiger partial charge in [-0.25, -0.2) is 9.48 Å². The summed E-state index contributed by atoms with van der Waals surface area (Å²) in [5.74, 6) is 2.67. The summed E-state index contributed by atoms with van der Waals surface area (Å²) in [5.41, 5.74) is 2.74. The predicted molar refractivity (Wildman–Crippen MR) is 369 cm³/mol. The molecule has 2 saturated heterocycles. The molecule has 510 valence electrons. The summed E-state index contributed by atoms with van der Waals surface area (Å²) >= 11 is 7.34. The van der Waals surface area contributed by atoms with Gasteiger partial charge in [-0.05, 0) is 119 Å². The van der Waals surface area contributed by atoms with E-state index in [1.165, 1.54) is 0 Å². The number of aromatic nitrogens is 3. The average molecular weight is 1380 g/mol. The molecule has 0 spiro atoms. The van der Waals surface area contributed by atoms with E-state index in [9.17, 15) is 33.3 Å². The summed E-state index contributed by atoms with van der Waals surface area (Å²) in [6, 6.07) is 15.1. The van der Waals surface area contributed by atoms with Gasteiger partial charge in [0.2, 0.25) is 23.6 Å². The Bertz CT molecular complexity index is 2420. The van der Waals surface area contributed by atoms with Crippen molar-refractivity contribution in [2.24, 2.45) is 11.0 Å². The molecule has 89 heavy (non-hydrogen) atoms. The minimum atomic E-state index is -4.73. The molecule has 6 unspecified atom stereocenters. The van der Waals surface area contributed by atoms with Gasteiger partial charge in [-0.3, -0.25) is 19.0 Å². The maximum absolute atomic E-state index is 12.3. The van der Waals surface area contributed by atoms with Gasteiger partial charge in [0.25, 0.3) is 0 Å². The minimum absolute atomic E-state index is 0. The first-order valence-corrected chi connectivity index (χ1v) is 31.9. The summed E-state index contributed by atoms with van der Waals surface area (Å²) in [5, 5.41) is 25.0. The molecule has 2 aliphatic heterocycles. The largest absolute Gasteiger partial charge is 1.00 e. The number of nitrogens with zero attached hydrogens (tertiary/aromatic N) is 6. The van der Waals surface area contributed by atoms with Gasteiger partial charge >= 0.3 is 72.2 Å². The predicted octanol–water partition coefficient (Wildman–Crippen LogP) is 6.17. The van der Waals surface area contributed by atoms with E-state index in [1.54, 1.807) is 60.3 Å². The molecule has 1 aliphatic carbocycles. The second-order valence-electron chi connectivity index (χ2n) is 18.6. The van der Waals surface area contributed by atoms with Crippen LogP contribution in [0.15, 0.2) is 72.2 Å². The Morgan fingerprint density at radius 2 is 1.37 bits per heavy atom. The number of allylic oxidation sites excluding steroid dienone is 1. The van der Waals surface area contributed by atoms with Crippen molar-refractivity contribution < 1.29 is 116 Å². The first-order valence-electron chi connectivity index (χ1n) is 25.1. The zero-order valence-electron chi connectivity index (χ0n) is 44.8. The summed E-state index contributed by atoms with van der Waals surface area (Å²) < 4.78 is 42.0. The topological polar surface area (TPSA) is 297 Å². The Morgan fingerprint density at radius 1 is 0.809 bits per heavy atom. The number of rotatable bonds is 30. The second kappa shape index (κ2) is 57.2. The number of hydrogen-bond acceptors (Lipinski definition) is 16. The zero-order valence-corrected chi connectivity index (χ0v) is 53.1. The third-order valence-corrected chi connectivity index (χ3v) is 17.4. The smallest absolute Gasteiger partial charge is 0.778 e. The van der Waals surface area contributed by atoms with Gasteiger partial charge in [-0.15, -0.1) is 10.2 Å². The normalized spacial score (nSPS) is 17.7. The van der Waals surface area contributed by atoms with Gasteiger partial charge in [0.05, 0.1) is 49.8 Å². The van der Waals surface area contributed by atoms with Gasteiger partial charge in [0, 0.05) is 56.6 Å². The van der Waals surface area contributed by atoms with E-state index < -0.39 is 34.8 Å². The maximum Gasteiger partial charge on any atom is 1.00 e. The molecule has 0 radical (unpaired) electrons. The number of benzene rings is 2. The van der Waals surface area contributed by atoms with Crippen molar-refractivity contribution in [2.45, 2.75) is 209 Å². The van der Waals surface area contributed by atoms with Gasteiger partial charge in [0.15, 0.2) is 5.75 Å². The molecule has 3 aromatic rings. The molecule has 29 heteroatoms. The molecule has 0 bridgehead atoms. The van der Waals surface area contributed by atoms with E-state index in [-0.39, 0.29) is 191 Å². The van der Waals surface area contributed by atoms with E-state index in [4.69, 9.17) is 35.6 Å². The first-order chi connectivity index (χ1) is 35.8. The molecule has 6 N–H and O–H groups in total. The molecule has 3 fully saturated rings. The van der Waals surface area contributed by atoms with Gasteiger partial charge in [-0.2, -0.15) is 11.8 Å². The Labute approximate surface area is 595 Å². The number of hydrogen-bond donors (Lipinski definition) is 6. The number of aryl methyl sites for hydroxylation is 1. The number of methoxy groups -OCH3 is 1. The quantitative estimate of drug-likeness (QED) is 0.00827. The number of thioether (sulfide) groups is 1. The molecular weight excluding hydrogens is 1260 g/mol. The molecule has 6 rings (SSSR count). The number of fused-ring (bicyclic) bond motifs is 1. The molecule has 3 aliphatic rings.